The Bertz CT molecular complexity index is 575. The Balaban J connectivity index is 2.27. The fourth-order valence-electron chi connectivity index (χ4n) is 1.84. The predicted octanol–water partition coefficient (Wildman–Crippen LogP) is 2.08. The first-order valence-corrected chi connectivity index (χ1v) is 6.76. The van der Waals surface area contributed by atoms with E-state index in [0.717, 1.165) is 11.8 Å². The van der Waals surface area contributed by atoms with E-state index in [0.29, 0.717) is 12.2 Å². The van der Waals surface area contributed by atoms with E-state index in [9.17, 15) is 19.6 Å². The molecule has 1 aliphatic heterocycles. The van der Waals surface area contributed by atoms with Gasteiger partial charge in [-0.3, -0.25) is 14.9 Å². The number of imide groups is 1. The molecule has 106 valence electrons. The number of ether oxygens (including phenoxy) is 1. The highest BCUT2D eigenvalue weighted by atomic mass is 32.2. The molecule has 1 unspecified atom stereocenters. The minimum atomic E-state index is -0.555. The first kappa shape index (κ1) is 14.3. The number of benzene rings is 1. The zero-order valence-corrected chi connectivity index (χ0v) is 11.4. The smallest absolute Gasteiger partial charge is 0.286 e. The van der Waals surface area contributed by atoms with Crippen molar-refractivity contribution < 1.29 is 19.4 Å². The normalized spacial score (nSPS) is 17.9. The number of rotatable bonds is 5. The van der Waals surface area contributed by atoms with E-state index in [1.165, 1.54) is 12.1 Å². The standard InChI is InChI=1S/C12H12N2O5S/c1-2-19-8-4-6(3-7(14-18)10(8)15)5-9-11(16)13-12(17)20-9/h3-4,9,15H,2,5H2,1H3,(H,13,16,17). The Morgan fingerprint density at radius 1 is 1.45 bits per heavy atom. The van der Waals surface area contributed by atoms with Crippen molar-refractivity contribution in [3.8, 4) is 11.5 Å². The van der Waals surface area contributed by atoms with Crippen molar-refractivity contribution >= 4 is 28.6 Å². The number of nitrogens with zero attached hydrogens (tertiary/aromatic N) is 1. The fourth-order valence-corrected chi connectivity index (χ4v) is 2.70. The van der Waals surface area contributed by atoms with E-state index in [2.05, 4.69) is 10.5 Å². The summed E-state index contributed by atoms with van der Waals surface area (Å²) in [6.45, 7) is 2.05. The summed E-state index contributed by atoms with van der Waals surface area (Å²) in [5, 5.41) is 13.7. The Morgan fingerprint density at radius 3 is 2.75 bits per heavy atom. The Labute approximate surface area is 118 Å². The third-order valence-corrected chi connectivity index (χ3v) is 3.68. The van der Waals surface area contributed by atoms with Crippen molar-refractivity contribution in [1.82, 2.24) is 5.32 Å². The lowest BCUT2D eigenvalue weighted by Gasteiger charge is -2.11. The largest absolute Gasteiger partial charge is 0.503 e. The zero-order chi connectivity index (χ0) is 14.7. The van der Waals surface area contributed by atoms with Crippen LogP contribution >= 0.6 is 11.8 Å². The molecule has 1 atom stereocenters. The summed E-state index contributed by atoms with van der Waals surface area (Å²) in [4.78, 5) is 33.3. The Morgan fingerprint density at radius 2 is 2.20 bits per heavy atom. The molecule has 8 heteroatoms. The van der Waals surface area contributed by atoms with Gasteiger partial charge in [0.05, 0.1) is 11.9 Å². The number of phenols is 1. The number of hydrogen-bond acceptors (Lipinski definition) is 7. The van der Waals surface area contributed by atoms with E-state index in [4.69, 9.17) is 4.74 Å². The van der Waals surface area contributed by atoms with Crippen molar-refractivity contribution in [2.45, 2.75) is 18.6 Å². The molecule has 1 fully saturated rings. The maximum Gasteiger partial charge on any atom is 0.286 e. The number of carbonyl (C=O) groups is 2. The highest BCUT2D eigenvalue weighted by Crippen LogP contribution is 2.38. The van der Waals surface area contributed by atoms with Crippen LogP contribution in [0.25, 0.3) is 0 Å². The molecule has 0 bridgehead atoms. The van der Waals surface area contributed by atoms with E-state index in [1.54, 1.807) is 6.92 Å². The molecule has 2 amide bonds. The van der Waals surface area contributed by atoms with Gasteiger partial charge in [0.15, 0.2) is 17.2 Å². The van der Waals surface area contributed by atoms with Gasteiger partial charge < -0.3 is 9.84 Å². The number of amides is 2. The molecule has 7 nitrogen and oxygen atoms in total. The number of hydrogen-bond donors (Lipinski definition) is 2. The number of thioether (sulfide) groups is 1. The van der Waals surface area contributed by atoms with E-state index < -0.39 is 10.5 Å². The molecule has 2 rings (SSSR count). The van der Waals surface area contributed by atoms with Crippen LogP contribution in [0.15, 0.2) is 17.3 Å². The molecule has 1 aromatic carbocycles. The average Bonchev–Trinajstić information content (AvgIpc) is 2.71. The van der Waals surface area contributed by atoms with Gasteiger partial charge in [-0.2, -0.15) is 0 Å². The molecule has 0 aliphatic carbocycles. The first-order valence-electron chi connectivity index (χ1n) is 5.88. The van der Waals surface area contributed by atoms with Gasteiger partial charge in [0, 0.05) is 0 Å². The molecule has 0 aromatic heterocycles. The van der Waals surface area contributed by atoms with Gasteiger partial charge in [-0.25, -0.2) is 0 Å². The summed E-state index contributed by atoms with van der Waals surface area (Å²) in [7, 11) is 0. The predicted molar refractivity (Wildman–Crippen MR) is 73.4 cm³/mol. The van der Waals surface area contributed by atoms with Crippen molar-refractivity contribution in [2.75, 3.05) is 6.61 Å². The van der Waals surface area contributed by atoms with Gasteiger partial charge in [0.25, 0.3) is 5.24 Å². The second kappa shape index (κ2) is 5.91. The molecule has 0 spiro atoms. The molecular formula is C12H12N2O5S. The molecule has 0 radical (unpaired) electrons. The van der Waals surface area contributed by atoms with Gasteiger partial charge in [-0.15, -0.1) is 4.91 Å². The van der Waals surface area contributed by atoms with Gasteiger partial charge in [0.2, 0.25) is 5.91 Å². The third-order valence-electron chi connectivity index (χ3n) is 2.70. The minimum absolute atomic E-state index is 0.134. The maximum atomic E-state index is 11.5. The molecule has 1 aromatic rings. The topological polar surface area (TPSA) is 105 Å². The van der Waals surface area contributed by atoms with E-state index in [1.807, 2.05) is 0 Å². The highest BCUT2D eigenvalue weighted by molar-refractivity contribution is 8.15. The summed E-state index contributed by atoms with van der Waals surface area (Å²) in [5.74, 6) is -0.564. The lowest BCUT2D eigenvalue weighted by Crippen LogP contribution is -2.25. The molecule has 0 saturated carbocycles. The molecule has 1 aliphatic rings. The highest BCUT2D eigenvalue weighted by Gasteiger charge is 2.32. The summed E-state index contributed by atoms with van der Waals surface area (Å²) in [6.07, 6.45) is 0.241. The van der Waals surface area contributed by atoms with Crippen molar-refractivity contribution in [2.24, 2.45) is 5.18 Å². The van der Waals surface area contributed by atoms with Crippen LogP contribution in [0.3, 0.4) is 0 Å². The molecule has 20 heavy (non-hydrogen) atoms. The second-order valence-corrected chi connectivity index (χ2v) is 5.25. The molecule has 2 N–H and O–H groups in total. The van der Waals surface area contributed by atoms with Crippen LogP contribution in [0.4, 0.5) is 10.5 Å². The number of nitrogens with one attached hydrogen (secondary N) is 1. The maximum absolute atomic E-state index is 11.5. The van der Waals surface area contributed by atoms with Gasteiger partial charge in [0.1, 0.15) is 0 Å². The van der Waals surface area contributed by atoms with Gasteiger partial charge in [-0.1, -0.05) is 11.8 Å². The quantitative estimate of drug-likeness (QED) is 0.806. The van der Waals surface area contributed by atoms with Crippen LogP contribution in [0.5, 0.6) is 11.5 Å². The average molecular weight is 296 g/mol. The third kappa shape index (κ3) is 2.90. The number of aromatic hydroxyl groups is 1. The van der Waals surface area contributed by atoms with Crippen molar-refractivity contribution in [1.29, 1.82) is 0 Å². The second-order valence-electron chi connectivity index (χ2n) is 4.07. The lowest BCUT2D eigenvalue weighted by molar-refractivity contribution is -0.118. The minimum Gasteiger partial charge on any atom is -0.503 e. The number of phenolic OH excluding ortho intramolecular Hbond substituents is 1. The van der Waals surface area contributed by atoms with Crippen LogP contribution in [0.2, 0.25) is 0 Å². The summed E-state index contributed by atoms with van der Waals surface area (Å²) >= 11 is 0.894. The number of nitroso groups, excluding NO2 is 1. The lowest BCUT2D eigenvalue weighted by atomic mass is 10.1. The Kier molecular flexibility index (Phi) is 4.23. The van der Waals surface area contributed by atoms with E-state index in [-0.39, 0.29) is 29.5 Å². The van der Waals surface area contributed by atoms with Crippen LogP contribution in [0, 0.1) is 4.91 Å². The first-order chi connectivity index (χ1) is 9.55. The van der Waals surface area contributed by atoms with Crippen molar-refractivity contribution in [3.05, 3.63) is 22.6 Å². The monoisotopic (exact) mass is 296 g/mol. The van der Waals surface area contributed by atoms with Crippen LogP contribution in [-0.2, 0) is 11.2 Å². The van der Waals surface area contributed by atoms with Crippen LogP contribution < -0.4 is 10.1 Å². The zero-order valence-electron chi connectivity index (χ0n) is 10.6. The van der Waals surface area contributed by atoms with Gasteiger partial charge in [-0.05, 0) is 36.2 Å². The summed E-state index contributed by atoms with van der Waals surface area (Å²) < 4.78 is 5.21. The van der Waals surface area contributed by atoms with Crippen LogP contribution in [0.1, 0.15) is 12.5 Å². The molecule has 1 heterocycles. The van der Waals surface area contributed by atoms with Gasteiger partial charge >= 0.3 is 0 Å². The number of carbonyl (C=O) groups excluding carboxylic acids is 2. The summed E-state index contributed by atoms with van der Waals surface area (Å²) in [5.41, 5.74) is 0.434. The fraction of sp³-hybridized carbons (Fsp3) is 0.333. The molecule has 1 saturated heterocycles. The summed E-state index contributed by atoms with van der Waals surface area (Å²) in [6, 6.07) is 2.91. The van der Waals surface area contributed by atoms with Crippen LogP contribution in [-0.4, -0.2) is 28.1 Å². The van der Waals surface area contributed by atoms with Crippen molar-refractivity contribution in [3.63, 3.8) is 0 Å². The van der Waals surface area contributed by atoms with E-state index >= 15 is 0 Å². The SMILES string of the molecule is CCOc1cc(CC2SC(=O)NC2=O)cc(N=O)c1O. The molecular weight excluding hydrogens is 284 g/mol. The Hall–Kier alpha value is -2.09.